The molecule has 5 nitrogen and oxygen atoms in total. The lowest BCUT2D eigenvalue weighted by Crippen LogP contribution is -2.30. The van der Waals surface area contributed by atoms with Crippen molar-refractivity contribution in [1.82, 2.24) is 15.0 Å². The van der Waals surface area contributed by atoms with Crippen LogP contribution in [0.5, 0.6) is 5.75 Å². The number of nitrogens with zero attached hydrogens (tertiary/aromatic N) is 3. The molecule has 2 aliphatic heterocycles. The second kappa shape index (κ2) is 5.76. The van der Waals surface area contributed by atoms with Gasteiger partial charge in [-0.2, -0.15) is 0 Å². The number of fused-ring (bicyclic) bond motifs is 2. The molecule has 5 heteroatoms. The van der Waals surface area contributed by atoms with Crippen LogP contribution in [0.25, 0.3) is 22.3 Å². The van der Waals surface area contributed by atoms with Crippen molar-refractivity contribution in [3.63, 3.8) is 0 Å². The Labute approximate surface area is 147 Å². The number of piperidine rings is 1. The third-order valence-corrected chi connectivity index (χ3v) is 5.23. The highest BCUT2D eigenvalue weighted by Gasteiger charge is 2.19. The van der Waals surface area contributed by atoms with Gasteiger partial charge in [0.2, 0.25) is 0 Å². The van der Waals surface area contributed by atoms with E-state index in [0.717, 1.165) is 60.2 Å². The summed E-state index contributed by atoms with van der Waals surface area (Å²) >= 11 is 0. The zero-order chi connectivity index (χ0) is 16.8. The fourth-order valence-corrected chi connectivity index (χ4v) is 3.95. The molecular formula is C20H22N4O. The van der Waals surface area contributed by atoms with Gasteiger partial charge in [-0.15, -0.1) is 0 Å². The van der Waals surface area contributed by atoms with Crippen molar-refractivity contribution in [1.29, 1.82) is 0 Å². The smallest absolute Gasteiger partial charge is 0.156 e. The molecule has 0 spiro atoms. The number of anilines is 1. The zero-order valence-corrected chi connectivity index (χ0v) is 14.5. The summed E-state index contributed by atoms with van der Waals surface area (Å²) in [7, 11) is 0. The fraction of sp³-hybridized carbons (Fsp3) is 0.400. The maximum atomic E-state index is 5.62. The van der Waals surface area contributed by atoms with E-state index in [0.29, 0.717) is 0 Å². The number of hydrogen-bond acceptors (Lipinski definition) is 4. The molecule has 1 N–H and O–H groups in total. The van der Waals surface area contributed by atoms with Crippen LogP contribution in [0, 0.1) is 6.92 Å². The molecular weight excluding hydrogens is 312 g/mol. The number of nitrogens with one attached hydrogen (secondary N) is 1. The molecule has 0 aliphatic carbocycles. The summed E-state index contributed by atoms with van der Waals surface area (Å²) < 4.78 is 5.62. The summed E-state index contributed by atoms with van der Waals surface area (Å²) in [4.78, 5) is 15.4. The van der Waals surface area contributed by atoms with E-state index in [1.165, 1.54) is 30.4 Å². The van der Waals surface area contributed by atoms with Crippen LogP contribution in [0.1, 0.15) is 30.7 Å². The van der Waals surface area contributed by atoms with Crippen LogP contribution in [-0.2, 0) is 6.42 Å². The molecule has 2 aliphatic rings. The van der Waals surface area contributed by atoms with E-state index >= 15 is 0 Å². The van der Waals surface area contributed by atoms with E-state index in [9.17, 15) is 0 Å². The van der Waals surface area contributed by atoms with E-state index in [2.05, 4.69) is 39.1 Å². The highest BCUT2D eigenvalue weighted by atomic mass is 16.5. The van der Waals surface area contributed by atoms with Crippen molar-refractivity contribution in [3.05, 3.63) is 35.7 Å². The lowest BCUT2D eigenvalue weighted by molar-refractivity contribution is 0.357. The lowest BCUT2D eigenvalue weighted by atomic mass is 10.1. The number of rotatable bonds is 2. The van der Waals surface area contributed by atoms with Gasteiger partial charge in [-0.05, 0) is 61.6 Å². The molecule has 3 aromatic rings. The molecule has 0 atom stereocenters. The van der Waals surface area contributed by atoms with E-state index in [-0.39, 0.29) is 0 Å². The van der Waals surface area contributed by atoms with Gasteiger partial charge in [0.1, 0.15) is 17.1 Å². The Hall–Kier alpha value is -2.56. The SMILES string of the molecule is Cc1nc(N2CCCCC2)c2[nH]c(-c3ccc4c(c3)CCO4)cc2n1. The minimum Gasteiger partial charge on any atom is -0.493 e. The van der Waals surface area contributed by atoms with Gasteiger partial charge in [-0.25, -0.2) is 9.97 Å². The summed E-state index contributed by atoms with van der Waals surface area (Å²) in [6.45, 7) is 4.92. The van der Waals surface area contributed by atoms with E-state index in [1.807, 2.05) is 6.92 Å². The Morgan fingerprint density at radius 2 is 1.96 bits per heavy atom. The van der Waals surface area contributed by atoms with Gasteiger partial charge in [0.15, 0.2) is 5.82 Å². The number of aromatic nitrogens is 3. The maximum absolute atomic E-state index is 5.62. The van der Waals surface area contributed by atoms with Crippen LogP contribution < -0.4 is 9.64 Å². The summed E-state index contributed by atoms with van der Waals surface area (Å²) in [5, 5.41) is 0. The van der Waals surface area contributed by atoms with Gasteiger partial charge in [0.25, 0.3) is 0 Å². The molecule has 0 radical (unpaired) electrons. The van der Waals surface area contributed by atoms with Crippen LogP contribution in [0.2, 0.25) is 0 Å². The highest BCUT2D eigenvalue weighted by molar-refractivity contribution is 5.91. The van der Waals surface area contributed by atoms with Gasteiger partial charge in [0.05, 0.1) is 12.1 Å². The van der Waals surface area contributed by atoms with Gasteiger partial charge < -0.3 is 14.6 Å². The number of aromatic amines is 1. The number of hydrogen-bond donors (Lipinski definition) is 1. The normalized spacial score (nSPS) is 16.9. The topological polar surface area (TPSA) is 54.0 Å². The third kappa shape index (κ3) is 2.54. The van der Waals surface area contributed by atoms with Crippen LogP contribution in [-0.4, -0.2) is 34.6 Å². The zero-order valence-electron chi connectivity index (χ0n) is 14.5. The summed E-state index contributed by atoms with van der Waals surface area (Å²) in [5.74, 6) is 2.91. The largest absolute Gasteiger partial charge is 0.493 e. The number of H-pyrrole nitrogens is 1. The first-order chi connectivity index (χ1) is 12.3. The van der Waals surface area contributed by atoms with Gasteiger partial charge in [0, 0.05) is 25.2 Å². The number of benzene rings is 1. The van der Waals surface area contributed by atoms with Crippen LogP contribution in [0.4, 0.5) is 5.82 Å². The first kappa shape index (κ1) is 14.8. The molecule has 0 unspecified atom stereocenters. The molecule has 5 rings (SSSR count). The lowest BCUT2D eigenvalue weighted by Gasteiger charge is -2.28. The molecule has 0 amide bonds. The van der Waals surface area contributed by atoms with Crippen molar-refractivity contribution in [2.24, 2.45) is 0 Å². The van der Waals surface area contributed by atoms with Crippen molar-refractivity contribution in [2.75, 3.05) is 24.6 Å². The Morgan fingerprint density at radius 3 is 2.84 bits per heavy atom. The Kier molecular flexibility index (Phi) is 3.40. The van der Waals surface area contributed by atoms with Crippen LogP contribution in [0.15, 0.2) is 24.3 Å². The fourth-order valence-electron chi connectivity index (χ4n) is 3.95. The van der Waals surface area contributed by atoms with Crippen molar-refractivity contribution < 1.29 is 4.74 Å². The minimum absolute atomic E-state index is 0.787. The Bertz CT molecular complexity index is 940. The molecule has 0 bridgehead atoms. The molecule has 128 valence electrons. The predicted molar refractivity (Wildman–Crippen MR) is 99.3 cm³/mol. The van der Waals surface area contributed by atoms with Gasteiger partial charge in [-0.1, -0.05) is 0 Å². The Balaban J connectivity index is 1.61. The summed E-state index contributed by atoms with van der Waals surface area (Å²) in [6.07, 6.45) is 4.78. The minimum atomic E-state index is 0.787. The molecule has 1 fully saturated rings. The van der Waals surface area contributed by atoms with Crippen molar-refractivity contribution in [2.45, 2.75) is 32.6 Å². The third-order valence-electron chi connectivity index (χ3n) is 5.23. The second-order valence-corrected chi connectivity index (χ2v) is 7.01. The maximum Gasteiger partial charge on any atom is 0.156 e. The summed E-state index contributed by atoms with van der Waals surface area (Å²) in [5.41, 5.74) is 5.63. The highest BCUT2D eigenvalue weighted by Crippen LogP contribution is 2.33. The van der Waals surface area contributed by atoms with Crippen molar-refractivity contribution >= 4 is 16.9 Å². The van der Waals surface area contributed by atoms with E-state index in [4.69, 9.17) is 9.72 Å². The monoisotopic (exact) mass is 334 g/mol. The molecule has 1 aromatic carbocycles. The van der Waals surface area contributed by atoms with Crippen LogP contribution >= 0.6 is 0 Å². The van der Waals surface area contributed by atoms with E-state index in [1.54, 1.807) is 0 Å². The quantitative estimate of drug-likeness (QED) is 0.773. The molecule has 4 heterocycles. The number of aryl methyl sites for hydroxylation is 1. The first-order valence-corrected chi connectivity index (χ1v) is 9.16. The molecule has 2 aromatic heterocycles. The van der Waals surface area contributed by atoms with Gasteiger partial charge >= 0.3 is 0 Å². The van der Waals surface area contributed by atoms with Crippen molar-refractivity contribution in [3.8, 4) is 17.0 Å². The average Bonchev–Trinajstić information content (AvgIpc) is 3.27. The molecule has 0 saturated carbocycles. The number of ether oxygens (including phenoxy) is 1. The summed E-state index contributed by atoms with van der Waals surface area (Å²) in [6, 6.07) is 8.57. The Morgan fingerprint density at radius 1 is 1.08 bits per heavy atom. The second-order valence-electron chi connectivity index (χ2n) is 7.01. The average molecular weight is 334 g/mol. The van der Waals surface area contributed by atoms with E-state index < -0.39 is 0 Å². The molecule has 1 saturated heterocycles. The molecule has 25 heavy (non-hydrogen) atoms. The van der Waals surface area contributed by atoms with Gasteiger partial charge in [-0.3, -0.25) is 0 Å². The standard InChI is InChI=1S/C20H22N4O/c1-13-21-17-12-16(14-5-6-18-15(11-14)7-10-25-18)23-19(17)20(22-13)24-8-3-2-4-9-24/h5-6,11-12,23H,2-4,7-10H2,1H3. The van der Waals surface area contributed by atoms with Crippen LogP contribution in [0.3, 0.4) is 0 Å². The first-order valence-electron chi connectivity index (χ1n) is 9.16. The predicted octanol–water partition coefficient (Wildman–Crippen LogP) is 3.86.